The van der Waals surface area contributed by atoms with E-state index < -0.39 is 10.0 Å². The van der Waals surface area contributed by atoms with Gasteiger partial charge in [-0.1, -0.05) is 20.3 Å². The third-order valence-electron chi connectivity index (χ3n) is 3.27. The van der Waals surface area contributed by atoms with Crippen molar-refractivity contribution in [1.29, 1.82) is 0 Å². The van der Waals surface area contributed by atoms with E-state index in [2.05, 4.69) is 23.9 Å². The zero-order valence-electron chi connectivity index (χ0n) is 10.5. The highest BCUT2D eigenvalue weighted by Gasteiger charge is 2.29. The lowest BCUT2D eigenvalue weighted by Gasteiger charge is -2.19. The van der Waals surface area contributed by atoms with Crippen LogP contribution in [0.15, 0.2) is 0 Å². The highest BCUT2D eigenvalue weighted by atomic mass is 32.2. The number of hydrogen-bond donors (Lipinski definition) is 2. The molecule has 1 aliphatic heterocycles. The van der Waals surface area contributed by atoms with Crippen molar-refractivity contribution in [2.24, 2.45) is 5.92 Å². The number of sulfonamides is 1. The lowest BCUT2D eigenvalue weighted by Crippen LogP contribution is -2.41. The van der Waals surface area contributed by atoms with E-state index in [-0.39, 0.29) is 11.3 Å². The maximum atomic E-state index is 12.0. The molecule has 2 N–H and O–H groups in total. The Morgan fingerprint density at radius 3 is 2.62 bits per heavy atom. The molecule has 0 radical (unpaired) electrons. The third-order valence-corrected chi connectivity index (χ3v) is 5.28. The summed E-state index contributed by atoms with van der Waals surface area (Å²) in [5.41, 5.74) is 0. The second-order valence-corrected chi connectivity index (χ2v) is 6.92. The van der Waals surface area contributed by atoms with E-state index in [0.717, 1.165) is 25.8 Å². The van der Waals surface area contributed by atoms with Crippen molar-refractivity contribution in [2.75, 3.05) is 13.1 Å². The molecule has 0 aromatic rings. The van der Waals surface area contributed by atoms with Gasteiger partial charge in [0.2, 0.25) is 10.0 Å². The standard InChI is InChI=1S/C11H24N2O2S/c1-4-9(2)7-10(3)13-16(14,15)11-5-6-12-8-11/h9-13H,4-8H2,1-3H3. The van der Waals surface area contributed by atoms with Gasteiger partial charge in [0.15, 0.2) is 0 Å². The molecule has 0 spiro atoms. The highest BCUT2D eigenvalue weighted by Crippen LogP contribution is 2.13. The van der Waals surface area contributed by atoms with E-state index >= 15 is 0 Å². The first-order valence-electron chi connectivity index (χ1n) is 6.17. The fraction of sp³-hybridized carbons (Fsp3) is 1.00. The summed E-state index contributed by atoms with van der Waals surface area (Å²) in [5.74, 6) is 0.569. The van der Waals surface area contributed by atoms with Crippen LogP contribution in [-0.4, -0.2) is 32.8 Å². The first-order chi connectivity index (χ1) is 7.45. The molecule has 1 fully saturated rings. The average Bonchev–Trinajstić information content (AvgIpc) is 2.69. The molecule has 5 heteroatoms. The zero-order chi connectivity index (χ0) is 12.2. The van der Waals surface area contributed by atoms with E-state index in [1.54, 1.807) is 0 Å². The topological polar surface area (TPSA) is 58.2 Å². The minimum atomic E-state index is -3.13. The molecule has 4 nitrogen and oxygen atoms in total. The molecule has 3 atom stereocenters. The molecule has 1 rings (SSSR count). The Kier molecular flexibility index (Phi) is 5.21. The fourth-order valence-electron chi connectivity index (χ4n) is 2.09. The Morgan fingerprint density at radius 1 is 1.44 bits per heavy atom. The van der Waals surface area contributed by atoms with Crippen molar-refractivity contribution in [3.8, 4) is 0 Å². The van der Waals surface area contributed by atoms with Gasteiger partial charge in [0.1, 0.15) is 0 Å². The van der Waals surface area contributed by atoms with Crippen LogP contribution >= 0.6 is 0 Å². The van der Waals surface area contributed by atoms with Gasteiger partial charge in [-0.05, 0) is 32.2 Å². The molecule has 1 aliphatic rings. The van der Waals surface area contributed by atoms with Gasteiger partial charge in [0.05, 0.1) is 5.25 Å². The van der Waals surface area contributed by atoms with Crippen LogP contribution in [0.1, 0.15) is 40.0 Å². The summed E-state index contributed by atoms with van der Waals surface area (Å²) in [6.07, 6.45) is 2.73. The molecule has 0 aromatic heterocycles. The van der Waals surface area contributed by atoms with Crippen LogP contribution in [0.5, 0.6) is 0 Å². The first kappa shape index (κ1) is 13.9. The monoisotopic (exact) mass is 248 g/mol. The minimum Gasteiger partial charge on any atom is -0.315 e. The summed E-state index contributed by atoms with van der Waals surface area (Å²) in [6, 6.07) is 0.0422. The van der Waals surface area contributed by atoms with Crippen LogP contribution in [0.2, 0.25) is 0 Å². The fourth-order valence-corrected chi connectivity index (χ4v) is 3.70. The summed E-state index contributed by atoms with van der Waals surface area (Å²) in [6.45, 7) is 7.64. The van der Waals surface area contributed by atoms with Gasteiger partial charge < -0.3 is 5.32 Å². The Hall–Kier alpha value is -0.130. The van der Waals surface area contributed by atoms with Gasteiger partial charge in [0.25, 0.3) is 0 Å². The van der Waals surface area contributed by atoms with Crippen LogP contribution < -0.4 is 10.0 Å². The first-order valence-corrected chi connectivity index (χ1v) is 7.72. The predicted octanol–water partition coefficient (Wildman–Crippen LogP) is 1.09. The molecule has 16 heavy (non-hydrogen) atoms. The quantitative estimate of drug-likeness (QED) is 0.740. The highest BCUT2D eigenvalue weighted by molar-refractivity contribution is 7.90. The maximum absolute atomic E-state index is 12.0. The van der Waals surface area contributed by atoms with Crippen molar-refractivity contribution < 1.29 is 8.42 Å². The lowest BCUT2D eigenvalue weighted by molar-refractivity contribution is 0.443. The van der Waals surface area contributed by atoms with Crippen LogP contribution in [0.3, 0.4) is 0 Å². The summed E-state index contributed by atoms with van der Waals surface area (Å²) < 4.78 is 26.7. The largest absolute Gasteiger partial charge is 0.315 e. The second kappa shape index (κ2) is 5.98. The van der Waals surface area contributed by atoms with E-state index in [0.29, 0.717) is 12.5 Å². The smallest absolute Gasteiger partial charge is 0.216 e. The molecule has 1 saturated heterocycles. The maximum Gasteiger partial charge on any atom is 0.216 e. The zero-order valence-corrected chi connectivity index (χ0v) is 11.3. The van der Waals surface area contributed by atoms with E-state index in [1.165, 1.54) is 0 Å². The third kappa shape index (κ3) is 4.03. The number of hydrogen-bond acceptors (Lipinski definition) is 3. The van der Waals surface area contributed by atoms with E-state index in [4.69, 9.17) is 0 Å². The van der Waals surface area contributed by atoms with Crippen LogP contribution in [0.4, 0.5) is 0 Å². The summed E-state index contributed by atoms with van der Waals surface area (Å²) >= 11 is 0. The van der Waals surface area contributed by atoms with Gasteiger partial charge >= 0.3 is 0 Å². The number of nitrogens with one attached hydrogen (secondary N) is 2. The van der Waals surface area contributed by atoms with E-state index in [9.17, 15) is 8.42 Å². The van der Waals surface area contributed by atoms with Crippen molar-refractivity contribution in [1.82, 2.24) is 10.0 Å². The minimum absolute atomic E-state index is 0.0422. The molecule has 96 valence electrons. The average molecular weight is 248 g/mol. The normalized spacial score (nSPS) is 25.6. The molecule has 1 heterocycles. The van der Waals surface area contributed by atoms with Crippen LogP contribution in [-0.2, 0) is 10.0 Å². The molecule has 0 saturated carbocycles. The van der Waals surface area contributed by atoms with Gasteiger partial charge in [-0.25, -0.2) is 13.1 Å². The van der Waals surface area contributed by atoms with Crippen molar-refractivity contribution in [3.05, 3.63) is 0 Å². The molecule has 3 unspecified atom stereocenters. The van der Waals surface area contributed by atoms with Crippen molar-refractivity contribution in [3.63, 3.8) is 0 Å². The van der Waals surface area contributed by atoms with Gasteiger partial charge in [-0.15, -0.1) is 0 Å². The van der Waals surface area contributed by atoms with Gasteiger partial charge in [-0.3, -0.25) is 0 Å². The molecular formula is C11H24N2O2S. The molecule has 0 aromatic carbocycles. The number of rotatable bonds is 6. The lowest BCUT2D eigenvalue weighted by atomic mass is 10.0. The SMILES string of the molecule is CCC(C)CC(C)NS(=O)(=O)C1CCNC1. The van der Waals surface area contributed by atoms with Crippen molar-refractivity contribution >= 4 is 10.0 Å². The Morgan fingerprint density at radius 2 is 2.12 bits per heavy atom. The molecule has 0 aliphatic carbocycles. The summed E-state index contributed by atoms with van der Waals surface area (Å²) in [7, 11) is -3.13. The Balaban J connectivity index is 2.45. The molecule has 0 amide bonds. The molecular weight excluding hydrogens is 224 g/mol. The predicted molar refractivity (Wildman–Crippen MR) is 66.9 cm³/mol. The Labute approximate surface area is 99.2 Å². The summed E-state index contributed by atoms with van der Waals surface area (Å²) in [4.78, 5) is 0. The van der Waals surface area contributed by atoms with Gasteiger partial charge in [0, 0.05) is 12.6 Å². The summed E-state index contributed by atoms with van der Waals surface area (Å²) in [5, 5.41) is 2.84. The van der Waals surface area contributed by atoms with Crippen LogP contribution in [0, 0.1) is 5.92 Å². The second-order valence-electron chi connectivity index (χ2n) is 4.93. The van der Waals surface area contributed by atoms with Crippen LogP contribution in [0.25, 0.3) is 0 Å². The molecule has 0 bridgehead atoms. The van der Waals surface area contributed by atoms with Crippen molar-refractivity contribution in [2.45, 2.75) is 51.3 Å². The van der Waals surface area contributed by atoms with E-state index in [1.807, 2.05) is 6.92 Å². The van der Waals surface area contributed by atoms with Gasteiger partial charge in [-0.2, -0.15) is 0 Å². The Bertz CT molecular complexity index is 297.